The molecular formula is C9H11NO2. The van der Waals surface area contributed by atoms with Crippen molar-refractivity contribution in [2.45, 2.75) is 0 Å². The molecule has 0 spiro atoms. The third kappa shape index (κ3) is 1.75. The average molecular weight is 165 g/mol. The predicted molar refractivity (Wildman–Crippen MR) is 47.1 cm³/mol. The lowest BCUT2D eigenvalue weighted by atomic mass is 10.2. The van der Waals surface area contributed by atoms with Crippen LogP contribution in [0.4, 0.5) is 0 Å². The number of nitrogens with zero attached hydrogens (tertiary/aromatic N) is 1. The second-order valence-corrected chi connectivity index (χ2v) is 2.37. The summed E-state index contributed by atoms with van der Waals surface area (Å²) in [6.07, 6.45) is 0. The summed E-state index contributed by atoms with van der Waals surface area (Å²) in [5.41, 5.74) is 0.789. The number of benzene rings is 1. The molecule has 0 fully saturated rings. The van der Waals surface area contributed by atoms with Crippen LogP contribution in [-0.4, -0.2) is 24.8 Å². The van der Waals surface area contributed by atoms with Gasteiger partial charge in [-0.15, -0.1) is 0 Å². The molecule has 0 unspecified atom stereocenters. The summed E-state index contributed by atoms with van der Waals surface area (Å²) in [6.45, 7) is 0. The van der Waals surface area contributed by atoms with Crippen molar-refractivity contribution < 1.29 is 9.48 Å². The van der Waals surface area contributed by atoms with Gasteiger partial charge in [0.2, 0.25) is 0 Å². The molecule has 0 aliphatic carbocycles. The maximum absolute atomic E-state index is 10.9. The molecule has 0 heterocycles. The van der Waals surface area contributed by atoms with E-state index in [1.165, 1.54) is 14.2 Å². The fraction of sp³-hybridized carbons (Fsp3) is 0.222. The highest BCUT2D eigenvalue weighted by atomic mass is 16.5. The third-order valence-electron chi connectivity index (χ3n) is 1.50. The van der Waals surface area contributed by atoms with Crippen LogP contribution in [0.2, 0.25) is 0 Å². The second-order valence-electron chi connectivity index (χ2n) is 2.37. The fourth-order valence-electron chi connectivity index (χ4n) is 1.01. The topological polar surface area (TPSA) is 35.3 Å². The molecule has 1 aromatic rings. The first-order chi connectivity index (χ1) is 5.75. The fourth-order valence-corrected chi connectivity index (χ4v) is 1.01. The van der Waals surface area contributed by atoms with E-state index in [0.29, 0.717) is 10.6 Å². The number of hydrogen-bond acceptors (Lipinski definition) is 2. The molecule has 12 heavy (non-hydrogen) atoms. The summed E-state index contributed by atoms with van der Waals surface area (Å²) in [7, 11) is 2.89. The minimum absolute atomic E-state index is 0.329. The largest absolute Gasteiger partial charge is 0.621 e. The van der Waals surface area contributed by atoms with Gasteiger partial charge in [0.1, 0.15) is 7.05 Å². The van der Waals surface area contributed by atoms with Crippen LogP contribution in [0.5, 0.6) is 0 Å². The van der Waals surface area contributed by atoms with Gasteiger partial charge in [0.05, 0.1) is 12.7 Å². The zero-order valence-electron chi connectivity index (χ0n) is 7.15. The zero-order chi connectivity index (χ0) is 8.97. The van der Waals surface area contributed by atoms with E-state index in [1.54, 1.807) is 0 Å². The lowest BCUT2D eigenvalue weighted by Gasteiger charge is -2.04. The number of hydrogen-bond donors (Lipinski definition) is 0. The summed E-state index contributed by atoms with van der Waals surface area (Å²) >= 11 is 0. The molecule has 1 rings (SSSR count). The molecule has 0 radical (unpaired) electrons. The van der Waals surface area contributed by atoms with Crippen molar-refractivity contribution in [3.63, 3.8) is 0 Å². The number of ether oxygens (including phenoxy) is 1. The molecule has 0 saturated carbocycles. The van der Waals surface area contributed by atoms with Gasteiger partial charge in [-0.3, -0.25) is 0 Å². The standard InChI is InChI=1S/C9H11NO2/c1-10(11)9(12-2)8-6-4-3-5-7-8/h3-7H,1-2H3/b10-9-. The van der Waals surface area contributed by atoms with Crippen molar-refractivity contribution >= 4 is 5.90 Å². The van der Waals surface area contributed by atoms with Crippen LogP contribution in [-0.2, 0) is 4.74 Å². The Kier molecular flexibility index (Phi) is 2.69. The first-order valence-electron chi connectivity index (χ1n) is 3.63. The molecule has 0 atom stereocenters. The molecule has 0 aromatic heterocycles. The van der Waals surface area contributed by atoms with Gasteiger partial charge in [0.25, 0.3) is 0 Å². The molecule has 0 bridgehead atoms. The third-order valence-corrected chi connectivity index (χ3v) is 1.50. The van der Waals surface area contributed by atoms with Crippen LogP contribution in [0.3, 0.4) is 0 Å². The van der Waals surface area contributed by atoms with Crippen molar-refractivity contribution in [2.24, 2.45) is 0 Å². The van der Waals surface area contributed by atoms with Crippen molar-refractivity contribution in [3.8, 4) is 0 Å². The Labute approximate surface area is 71.5 Å². The number of hydroxylamine groups is 1. The van der Waals surface area contributed by atoms with Crippen molar-refractivity contribution in [1.29, 1.82) is 0 Å². The number of rotatable bonds is 1. The van der Waals surface area contributed by atoms with E-state index in [9.17, 15) is 5.21 Å². The second kappa shape index (κ2) is 3.76. The summed E-state index contributed by atoms with van der Waals surface area (Å²) < 4.78 is 5.63. The van der Waals surface area contributed by atoms with Gasteiger partial charge in [-0.25, -0.2) is 0 Å². The monoisotopic (exact) mass is 165 g/mol. The molecule has 3 nitrogen and oxygen atoms in total. The highest BCUT2D eigenvalue weighted by Crippen LogP contribution is 2.00. The zero-order valence-corrected chi connectivity index (χ0v) is 7.15. The average Bonchev–Trinajstić information content (AvgIpc) is 2.07. The van der Waals surface area contributed by atoms with E-state index in [2.05, 4.69) is 0 Å². The van der Waals surface area contributed by atoms with E-state index in [-0.39, 0.29) is 0 Å². The highest BCUT2D eigenvalue weighted by Gasteiger charge is 2.08. The quantitative estimate of drug-likeness (QED) is 0.206. The van der Waals surface area contributed by atoms with E-state index in [1.807, 2.05) is 30.3 Å². The van der Waals surface area contributed by atoms with Gasteiger partial charge in [-0.1, -0.05) is 18.2 Å². The van der Waals surface area contributed by atoms with Gasteiger partial charge >= 0.3 is 5.90 Å². The van der Waals surface area contributed by atoms with E-state index in [0.717, 1.165) is 5.56 Å². The summed E-state index contributed by atoms with van der Waals surface area (Å²) in [5.74, 6) is 0.329. The SMILES string of the molecule is CO/C(c1ccccc1)=[N+](/C)[O-]. The van der Waals surface area contributed by atoms with Gasteiger partial charge in [0, 0.05) is 0 Å². The minimum Gasteiger partial charge on any atom is -0.621 e. The minimum atomic E-state index is 0.329. The molecule has 0 N–H and O–H groups in total. The summed E-state index contributed by atoms with van der Waals surface area (Å²) in [4.78, 5) is 0. The summed E-state index contributed by atoms with van der Waals surface area (Å²) in [5, 5.41) is 10.9. The van der Waals surface area contributed by atoms with Crippen LogP contribution in [0, 0.1) is 5.21 Å². The molecular weight excluding hydrogens is 154 g/mol. The molecule has 1 aromatic carbocycles. The van der Waals surface area contributed by atoms with Crippen molar-refractivity contribution in [2.75, 3.05) is 14.2 Å². The number of methoxy groups -OCH3 is 1. The van der Waals surface area contributed by atoms with E-state index in [4.69, 9.17) is 4.74 Å². The first-order valence-corrected chi connectivity index (χ1v) is 3.63. The summed E-state index contributed by atoms with van der Waals surface area (Å²) in [6, 6.07) is 9.26. The molecule has 0 aliphatic rings. The lowest BCUT2D eigenvalue weighted by Crippen LogP contribution is -2.15. The maximum Gasteiger partial charge on any atom is 0.380 e. The van der Waals surface area contributed by atoms with Crippen LogP contribution in [0.1, 0.15) is 5.56 Å². The Hall–Kier alpha value is -1.51. The Morgan fingerprint density at radius 2 is 1.92 bits per heavy atom. The van der Waals surface area contributed by atoms with Crippen LogP contribution in [0.15, 0.2) is 30.3 Å². The van der Waals surface area contributed by atoms with Gasteiger partial charge < -0.3 is 9.94 Å². The molecule has 3 heteroatoms. The Bertz CT molecular complexity index is 276. The molecule has 64 valence electrons. The van der Waals surface area contributed by atoms with Crippen molar-refractivity contribution in [1.82, 2.24) is 0 Å². The van der Waals surface area contributed by atoms with Crippen molar-refractivity contribution in [3.05, 3.63) is 41.1 Å². The molecule has 0 aliphatic heterocycles. The lowest BCUT2D eigenvalue weighted by molar-refractivity contribution is -0.432. The normalized spacial score (nSPS) is 12.2. The van der Waals surface area contributed by atoms with Crippen LogP contribution >= 0.6 is 0 Å². The first kappa shape index (κ1) is 8.59. The smallest absolute Gasteiger partial charge is 0.380 e. The molecule has 0 saturated heterocycles. The van der Waals surface area contributed by atoms with E-state index >= 15 is 0 Å². The van der Waals surface area contributed by atoms with Crippen LogP contribution < -0.4 is 0 Å². The van der Waals surface area contributed by atoms with Gasteiger partial charge in [0.15, 0.2) is 0 Å². The Morgan fingerprint density at radius 1 is 1.33 bits per heavy atom. The van der Waals surface area contributed by atoms with E-state index < -0.39 is 0 Å². The van der Waals surface area contributed by atoms with Gasteiger partial charge in [-0.05, 0) is 12.1 Å². The Balaban J connectivity index is 3.05. The van der Waals surface area contributed by atoms with Crippen LogP contribution in [0.25, 0.3) is 0 Å². The highest BCUT2D eigenvalue weighted by molar-refractivity contribution is 5.90. The van der Waals surface area contributed by atoms with Gasteiger partial charge in [-0.2, -0.15) is 4.74 Å². The Morgan fingerprint density at radius 3 is 2.33 bits per heavy atom. The molecule has 0 amide bonds. The maximum atomic E-state index is 10.9. The predicted octanol–water partition coefficient (Wildman–Crippen LogP) is 1.22.